The van der Waals surface area contributed by atoms with Gasteiger partial charge in [0.1, 0.15) is 5.82 Å². The average Bonchev–Trinajstić information content (AvgIpc) is 3.13. The molecule has 0 atom stereocenters. The molecule has 2 aromatic carbocycles. The van der Waals surface area contributed by atoms with Gasteiger partial charge in [0.05, 0.1) is 27.0 Å². The number of thiophene rings is 1. The van der Waals surface area contributed by atoms with Gasteiger partial charge in [-0.15, -0.1) is 11.3 Å². The second-order valence-electron chi connectivity index (χ2n) is 5.88. The number of hydrazone groups is 1. The molecule has 0 saturated carbocycles. The van der Waals surface area contributed by atoms with Crippen LogP contribution in [0.3, 0.4) is 0 Å². The van der Waals surface area contributed by atoms with E-state index in [1.54, 1.807) is 18.2 Å². The Kier molecular flexibility index (Phi) is 6.40. The first kappa shape index (κ1) is 20.3. The predicted octanol–water partition coefficient (Wildman–Crippen LogP) is 2.94. The maximum Gasteiger partial charge on any atom is 0.259 e. The van der Waals surface area contributed by atoms with Gasteiger partial charge in [-0.05, 0) is 36.4 Å². The summed E-state index contributed by atoms with van der Waals surface area (Å²) in [5.41, 5.74) is 3.44. The number of ether oxygens (including phenoxy) is 2. The number of nitrogens with zero attached hydrogens (tertiary/aromatic N) is 1. The molecule has 3 rings (SSSR count). The highest BCUT2D eigenvalue weighted by atomic mass is 32.1. The fraction of sp³-hybridized carbons (Fsp3) is 0.150. The largest absolute Gasteiger partial charge is 0.493 e. The zero-order valence-electron chi connectivity index (χ0n) is 15.7. The van der Waals surface area contributed by atoms with Crippen molar-refractivity contribution >= 4 is 39.5 Å². The van der Waals surface area contributed by atoms with Crippen LogP contribution in [-0.4, -0.2) is 38.8 Å². The van der Waals surface area contributed by atoms with Crippen molar-refractivity contribution in [2.75, 3.05) is 20.8 Å². The van der Waals surface area contributed by atoms with Gasteiger partial charge in [0.2, 0.25) is 0 Å². The number of halogens is 1. The predicted molar refractivity (Wildman–Crippen MR) is 109 cm³/mol. The van der Waals surface area contributed by atoms with E-state index in [1.165, 1.54) is 50.0 Å². The van der Waals surface area contributed by atoms with E-state index in [9.17, 15) is 14.0 Å². The number of carbonyl (C=O) groups excluding carboxylic acids is 2. The van der Waals surface area contributed by atoms with Gasteiger partial charge in [0.25, 0.3) is 11.8 Å². The van der Waals surface area contributed by atoms with Crippen LogP contribution in [-0.2, 0) is 4.79 Å². The van der Waals surface area contributed by atoms with Crippen LogP contribution in [0, 0.1) is 5.82 Å². The van der Waals surface area contributed by atoms with Gasteiger partial charge in [-0.2, -0.15) is 5.10 Å². The number of hydrogen-bond donors (Lipinski definition) is 2. The summed E-state index contributed by atoms with van der Waals surface area (Å²) in [5, 5.41) is 9.06. The van der Waals surface area contributed by atoms with E-state index < -0.39 is 11.8 Å². The van der Waals surface area contributed by atoms with Gasteiger partial charge in [0.15, 0.2) is 11.5 Å². The summed E-state index contributed by atoms with van der Waals surface area (Å²) in [6.45, 7) is -0.250. The molecule has 0 aliphatic rings. The van der Waals surface area contributed by atoms with Crippen LogP contribution in [0.1, 0.15) is 15.9 Å². The van der Waals surface area contributed by atoms with E-state index >= 15 is 0 Å². The minimum absolute atomic E-state index is 0.250. The van der Waals surface area contributed by atoms with Crippen molar-refractivity contribution in [2.45, 2.75) is 0 Å². The van der Waals surface area contributed by atoms with E-state index in [0.717, 1.165) is 15.6 Å². The van der Waals surface area contributed by atoms with Gasteiger partial charge in [-0.1, -0.05) is 0 Å². The fourth-order valence-corrected chi connectivity index (χ4v) is 3.51. The molecular formula is C20H18FN3O4S. The molecule has 9 heteroatoms. The Morgan fingerprint density at radius 3 is 2.69 bits per heavy atom. The first-order chi connectivity index (χ1) is 14.0. The zero-order chi connectivity index (χ0) is 20.8. The molecule has 2 amide bonds. The molecule has 3 aromatic rings. The maximum atomic E-state index is 13.2. The average molecular weight is 415 g/mol. The Bertz CT molecular complexity index is 1080. The van der Waals surface area contributed by atoms with Crippen LogP contribution in [0.15, 0.2) is 46.9 Å². The molecule has 0 aliphatic heterocycles. The molecule has 1 aromatic heterocycles. The highest BCUT2D eigenvalue weighted by Gasteiger charge is 2.12. The van der Waals surface area contributed by atoms with E-state index in [0.29, 0.717) is 17.1 Å². The Labute approximate surface area is 170 Å². The summed E-state index contributed by atoms with van der Waals surface area (Å²) in [7, 11) is 2.97. The van der Waals surface area contributed by atoms with Crippen molar-refractivity contribution in [1.82, 2.24) is 10.7 Å². The van der Waals surface area contributed by atoms with Crippen molar-refractivity contribution in [3.8, 4) is 11.5 Å². The molecule has 0 aliphatic carbocycles. The Morgan fingerprint density at radius 1 is 1.14 bits per heavy atom. The standard InChI is InChI=1S/C20H18FN3O4S/c1-27-16-6-3-12(7-17(16)28-2)20(26)22-10-19(25)24-23-9-13-11-29-18-8-14(21)4-5-15(13)18/h3-9,11H,10H2,1-2H3,(H,22,26)(H,24,25)/b23-9+. The molecule has 0 spiro atoms. The Hall–Kier alpha value is -3.46. The summed E-state index contributed by atoms with van der Waals surface area (Å²) in [4.78, 5) is 24.1. The minimum Gasteiger partial charge on any atom is -0.493 e. The van der Waals surface area contributed by atoms with Crippen LogP contribution < -0.4 is 20.2 Å². The number of methoxy groups -OCH3 is 2. The van der Waals surface area contributed by atoms with Crippen LogP contribution in [0.25, 0.3) is 10.1 Å². The van der Waals surface area contributed by atoms with E-state index in [1.807, 2.05) is 5.38 Å². The number of fused-ring (bicyclic) bond motifs is 1. The van der Waals surface area contributed by atoms with Crippen molar-refractivity contribution in [3.05, 3.63) is 58.7 Å². The number of rotatable bonds is 7. The third-order valence-electron chi connectivity index (χ3n) is 4.02. The molecule has 1 heterocycles. The van der Waals surface area contributed by atoms with Crippen LogP contribution in [0.5, 0.6) is 11.5 Å². The number of carbonyl (C=O) groups is 2. The van der Waals surface area contributed by atoms with E-state index in [2.05, 4.69) is 15.8 Å². The SMILES string of the molecule is COc1ccc(C(=O)NCC(=O)N/N=C/c2csc3cc(F)ccc23)cc1OC. The summed E-state index contributed by atoms with van der Waals surface area (Å²) in [6.07, 6.45) is 1.48. The number of hydrogen-bond acceptors (Lipinski definition) is 6. The molecule has 0 radical (unpaired) electrons. The fourth-order valence-electron chi connectivity index (χ4n) is 2.58. The molecule has 0 unspecified atom stereocenters. The quantitative estimate of drug-likeness (QED) is 0.459. The van der Waals surface area contributed by atoms with E-state index in [4.69, 9.17) is 9.47 Å². The number of benzene rings is 2. The van der Waals surface area contributed by atoms with Crippen molar-refractivity contribution in [2.24, 2.45) is 5.10 Å². The lowest BCUT2D eigenvalue weighted by atomic mass is 10.2. The monoisotopic (exact) mass is 415 g/mol. The van der Waals surface area contributed by atoms with Crippen LogP contribution in [0.4, 0.5) is 4.39 Å². The highest BCUT2D eigenvalue weighted by molar-refractivity contribution is 7.17. The van der Waals surface area contributed by atoms with Gasteiger partial charge >= 0.3 is 0 Å². The highest BCUT2D eigenvalue weighted by Crippen LogP contribution is 2.27. The van der Waals surface area contributed by atoms with Gasteiger partial charge in [-0.25, -0.2) is 9.82 Å². The minimum atomic E-state index is -0.486. The van der Waals surface area contributed by atoms with Crippen molar-refractivity contribution in [1.29, 1.82) is 0 Å². The molecular weight excluding hydrogens is 397 g/mol. The molecule has 29 heavy (non-hydrogen) atoms. The third-order valence-corrected chi connectivity index (χ3v) is 4.98. The smallest absolute Gasteiger partial charge is 0.259 e. The lowest BCUT2D eigenvalue weighted by Gasteiger charge is -2.09. The Balaban J connectivity index is 1.54. The molecule has 7 nitrogen and oxygen atoms in total. The lowest BCUT2D eigenvalue weighted by Crippen LogP contribution is -2.34. The van der Waals surface area contributed by atoms with Gasteiger partial charge in [-0.3, -0.25) is 9.59 Å². The molecule has 2 N–H and O–H groups in total. The summed E-state index contributed by atoms with van der Waals surface area (Å²) in [6, 6.07) is 9.17. The zero-order valence-corrected chi connectivity index (χ0v) is 16.5. The van der Waals surface area contributed by atoms with Crippen molar-refractivity contribution < 1.29 is 23.5 Å². The topological polar surface area (TPSA) is 89.0 Å². The first-order valence-corrected chi connectivity index (χ1v) is 9.38. The molecule has 0 bridgehead atoms. The van der Waals surface area contributed by atoms with Gasteiger partial charge < -0.3 is 14.8 Å². The summed E-state index contributed by atoms with van der Waals surface area (Å²) in [5.74, 6) is -0.310. The lowest BCUT2D eigenvalue weighted by molar-refractivity contribution is -0.120. The first-order valence-electron chi connectivity index (χ1n) is 8.50. The second-order valence-corrected chi connectivity index (χ2v) is 6.79. The number of nitrogens with one attached hydrogen (secondary N) is 2. The third kappa shape index (κ3) is 4.88. The summed E-state index contributed by atoms with van der Waals surface area (Å²) >= 11 is 1.38. The Morgan fingerprint density at radius 2 is 1.93 bits per heavy atom. The van der Waals surface area contributed by atoms with Crippen molar-refractivity contribution in [3.63, 3.8) is 0 Å². The number of amides is 2. The summed E-state index contributed by atoms with van der Waals surface area (Å²) < 4.78 is 24.3. The van der Waals surface area contributed by atoms with Crippen LogP contribution in [0.2, 0.25) is 0 Å². The van der Waals surface area contributed by atoms with Gasteiger partial charge in [0, 0.05) is 26.6 Å². The maximum absolute atomic E-state index is 13.2. The molecule has 150 valence electrons. The molecule has 0 fully saturated rings. The van der Waals surface area contributed by atoms with Crippen LogP contribution >= 0.6 is 11.3 Å². The normalized spacial score (nSPS) is 10.9. The molecule has 0 saturated heterocycles. The van der Waals surface area contributed by atoms with E-state index in [-0.39, 0.29) is 12.4 Å². The second kappa shape index (κ2) is 9.16.